The van der Waals surface area contributed by atoms with Gasteiger partial charge in [-0.3, -0.25) is 9.59 Å². The maximum Gasteiger partial charge on any atom is 0.216 e. The van der Waals surface area contributed by atoms with Crippen LogP contribution in [0.1, 0.15) is 50.8 Å². The van der Waals surface area contributed by atoms with E-state index >= 15 is 0 Å². The summed E-state index contributed by atoms with van der Waals surface area (Å²) in [5.41, 5.74) is -3.88. The van der Waals surface area contributed by atoms with Crippen LogP contribution in [-0.2, 0) is 19.8 Å². The van der Waals surface area contributed by atoms with Crippen molar-refractivity contribution in [1.82, 2.24) is 0 Å². The number of hydrogen-bond acceptors (Lipinski definition) is 8. The lowest BCUT2D eigenvalue weighted by atomic mass is 9.55. The molecule has 4 bridgehead atoms. The summed E-state index contributed by atoms with van der Waals surface area (Å²) in [4.78, 5) is 27.4. The number of carbonyl (C=O) groups is 2. The lowest BCUT2D eigenvalue weighted by Crippen LogP contribution is -2.72. The van der Waals surface area contributed by atoms with Crippen LogP contribution in [0.5, 0.6) is 5.75 Å². The number of aromatic hydroxyl groups is 1. The fourth-order valence-electron chi connectivity index (χ4n) is 7.20. The van der Waals surface area contributed by atoms with Crippen molar-refractivity contribution in [3.63, 3.8) is 0 Å². The van der Waals surface area contributed by atoms with Crippen LogP contribution in [0.25, 0.3) is 0 Å². The van der Waals surface area contributed by atoms with Gasteiger partial charge in [-0.05, 0) is 24.1 Å². The molecule has 5 atom stereocenters. The number of epoxide rings is 1. The van der Waals surface area contributed by atoms with Crippen molar-refractivity contribution in [3.8, 4) is 29.4 Å². The molecule has 0 unspecified atom stereocenters. The van der Waals surface area contributed by atoms with Gasteiger partial charge in [0.1, 0.15) is 17.4 Å². The second-order valence-corrected chi connectivity index (χ2v) is 10.3. The number of phenols is 1. The van der Waals surface area contributed by atoms with E-state index < -0.39 is 45.9 Å². The van der Waals surface area contributed by atoms with Crippen LogP contribution in [0, 0.1) is 29.6 Å². The Hall–Kier alpha value is -3.92. The molecule has 8 heteroatoms. The van der Waals surface area contributed by atoms with E-state index in [2.05, 4.69) is 29.0 Å². The zero-order chi connectivity index (χ0) is 26.7. The van der Waals surface area contributed by atoms with E-state index in [1.807, 2.05) is 6.92 Å². The quantitative estimate of drug-likeness (QED) is 0.209. The molecule has 7 rings (SSSR count). The minimum Gasteiger partial charge on any atom is -0.507 e. The standard InChI is InChI=1S/C30H23NO7/c1-16-15-28(36-2,37-3)27(35)13-9-5-4-6-12-21-29(16)30(27,38-29)19-14-20(32)22-23(24(19)31-21)26(34)18-11-8-7-10-17(18)25(22)33/h4-5,7-8,10-11,14,16,21,31-32,35H,15H2,1-3H3/t16-,21-,27-,29-,30-/m0/s1. The fraction of sp³-hybridized carbons (Fsp3) is 0.333. The van der Waals surface area contributed by atoms with Crippen LogP contribution >= 0.6 is 0 Å². The Bertz CT molecular complexity index is 1650. The summed E-state index contributed by atoms with van der Waals surface area (Å²) in [5, 5.41) is 27.2. The van der Waals surface area contributed by atoms with Crippen LogP contribution in [0.3, 0.4) is 0 Å². The number of carbonyl (C=O) groups excluding carboxylic acids is 2. The Morgan fingerprint density at radius 2 is 1.71 bits per heavy atom. The van der Waals surface area contributed by atoms with E-state index in [4.69, 9.17) is 14.2 Å². The molecule has 2 aromatic rings. The topological polar surface area (TPSA) is 118 Å². The Kier molecular flexibility index (Phi) is 4.36. The van der Waals surface area contributed by atoms with Crippen molar-refractivity contribution in [1.29, 1.82) is 0 Å². The normalized spacial score (nSPS) is 34.1. The van der Waals surface area contributed by atoms with Gasteiger partial charge >= 0.3 is 0 Å². The van der Waals surface area contributed by atoms with Crippen molar-refractivity contribution < 1.29 is 34.0 Å². The Balaban J connectivity index is 1.60. The van der Waals surface area contributed by atoms with Crippen LogP contribution in [0.15, 0.2) is 42.5 Å². The highest BCUT2D eigenvalue weighted by Crippen LogP contribution is 2.76. The molecule has 1 saturated heterocycles. The van der Waals surface area contributed by atoms with Gasteiger partial charge in [0, 0.05) is 37.3 Å². The van der Waals surface area contributed by atoms with Crippen LogP contribution < -0.4 is 5.32 Å². The SMILES string of the molecule is COC1(OC)C[C@H](C)[C@@]23O[C@]24c2cc(O)c5c(c2N[C@H]3C#CC=CC#C[C@]14O)C(=O)c1ccccc1C5=O. The van der Waals surface area contributed by atoms with Crippen LogP contribution in [-0.4, -0.2) is 59.0 Å². The maximum absolute atomic E-state index is 13.9. The van der Waals surface area contributed by atoms with E-state index in [0.29, 0.717) is 5.56 Å². The number of phenolic OH excluding ortho intramolecular Hbond substituents is 1. The van der Waals surface area contributed by atoms with Crippen molar-refractivity contribution in [2.75, 3.05) is 19.5 Å². The zero-order valence-electron chi connectivity index (χ0n) is 20.8. The molecule has 1 saturated carbocycles. The number of benzene rings is 2. The number of anilines is 1. The van der Waals surface area contributed by atoms with E-state index in [9.17, 15) is 19.8 Å². The van der Waals surface area contributed by atoms with Crippen molar-refractivity contribution >= 4 is 17.3 Å². The predicted molar refractivity (Wildman–Crippen MR) is 134 cm³/mol. The summed E-state index contributed by atoms with van der Waals surface area (Å²) in [6.45, 7) is 1.95. The lowest BCUT2D eigenvalue weighted by Gasteiger charge is -2.54. The monoisotopic (exact) mass is 509 g/mol. The summed E-state index contributed by atoms with van der Waals surface area (Å²) < 4.78 is 18.4. The summed E-state index contributed by atoms with van der Waals surface area (Å²) in [6.07, 6.45) is 3.32. The molecule has 0 radical (unpaired) electrons. The number of allylic oxidation sites excluding steroid dienone is 2. The van der Waals surface area contributed by atoms with Gasteiger partial charge < -0.3 is 29.7 Å². The molecule has 3 aliphatic carbocycles. The van der Waals surface area contributed by atoms with Crippen LogP contribution in [0.4, 0.5) is 5.69 Å². The molecule has 2 heterocycles. The van der Waals surface area contributed by atoms with Crippen LogP contribution in [0.2, 0.25) is 0 Å². The molecule has 3 N–H and O–H groups in total. The number of hydrogen-bond donors (Lipinski definition) is 3. The highest BCUT2D eigenvalue weighted by Gasteiger charge is 2.92. The Morgan fingerprint density at radius 1 is 1.05 bits per heavy atom. The first-order valence-corrected chi connectivity index (χ1v) is 12.3. The van der Waals surface area contributed by atoms with E-state index in [1.54, 1.807) is 30.3 Å². The third-order valence-corrected chi connectivity index (χ3v) is 8.86. The second-order valence-electron chi connectivity index (χ2n) is 10.3. The van der Waals surface area contributed by atoms with Crippen molar-refractivity contribution in [3.05, 3.63) is 70.3 Å². The smallest absolute Gasteiger partial charge is 0.216 e. The van der Waals surface area contributed by atoms with Gasteiger partial charge in [0.25, 0.3) is 0 Å². The van der Waals surface area contributed by atoms with Gasteiger partial charge in [-0.2, -0.15) is 0 Å². The number of rotatable bonds is 2. The minimum absolute atomic E-state index is 0.00976. The zero-order valence-corrected chi connectivity index (χ0v) is 20.8. The highest BCUT2D eigenvalue weighted by molar-refractivity contribution is 6.31. The second kappa shape index (κ2) is 7.13. The first kappa shape index (κ1) is 23.2. The number of aliphatic hydroxyl groups is 1. The van der Waals surface area contributed by atoms with E-state index in [-0.39, 0.29) is 40.3 Å². The molecule has 2 aliphatic heterocycles. The molecule has 2 fully saturated rings. The van der Waals surface area contributed by atoms with Gasteiger partial charge in [-0.25, -0.2) is 0 Å². The van der Waals surface area contributed by atoms with Gasteiger partial charge in [0.15, 0.2) is 17.2 Å². The summed E-state index contributed by atoms with van der Waals surface area (Å²) in [6, 6.07) is 7.19. The first-order chi connectivity index (χ1) is 18.2. The first-order valence-electron chi connectivity index (χ1n) is 12.3. The molecule has 0 amide bonds. The molecule has 0 aromatic heterocycles. The third-order valence-electron chi connectivity index (χ3n) is 8.86. The lowest BCUT2D eigenvalue weighted by molar-refractivity contribution is -0.316. The predicted octanol–water partition coefficient (Wildman–Crippen LogP) is 2.26. The molecule has 8 nitrogen and oxygen atoms in total. The third kappa shape index (κ3) is 2.26. The van der Waals surface area contributed by atoms with Crippen molar-refractivity contribution in [2.24, 2.45) is 5.92 Å². The number of ether oxygens (including phenoxy) is 3. The average Bonchev–Trinajstić information content (AvgIpc) is 3.66. The Morgan fingerprint density at radius 3 is 2.39 bits per heavy atom. The Labute approximate surface area is 218 Å². The number of fused-ring (bicyclic) bond motifs is 4. The van der Waals surface area contributed by atoms with E-state index in [1.165, 1.54) is 26.4 Å². The fourth-order valence-corrected chi connectivity index (χ4v) is 7.20. The molecule has 2 aromatic carbocycles. The summed E-state index contributed by atoms with van der Waals surface area (Å²) >= 11 is 0. The largest absolute Gasteiger partial charge is 0.507 e. The molecule has 38 heavy (non-hydrogen) atoms. The number of nitrogens with one attached hydrogen (secondary N) is 1. The molecular weight excluding hydrogens is 486 g/mol. The molecule has 0 spiro atoms. The molecule has 190 valence electrons. The van der Waals surface area contributed by atoms with E-state index in [0.717, 1.165) is 0 Å². The van der Waals surface area contributed by atoms with Gasteiger partial charge in [0.2, 0.25) is 11.4 Å². The minimum atomic E-state index is -2.09. The molecule has 5 aliphatic rings. The maximum atomic E-state index is 13.9. The van der Waals surface area contributed by atoms with Gasteiger partial charge in [-0.1, -0.05) is 54.9 Å². The highest BCUT2D eigenvalue weighted by atomic mass is 16.7. The van der Waals surface area contributed by atoms with Gasteiger partial charge in [0.05, 0.1) is 16.8 Å². The summed E-state index contributed by atoms with van der Waals surface area (Å²) in [5.74, 6) is 8.77. The van der Waals surface area contributed by atoms with Crippen molar-refractivity contribution in [2.45, 2.75) is 42.0 Å². The summed E-state index contributed by atoms with van der Waals surface area (Å²) in [7, 11) is 2.86. The number of ketones is 2. The van der Waals surface area contributed by atoms with Gasteiger partial charge in [-0.15, -0.1) is 0 Å². The number of methoxy groups -OCH3 is 2. The average molecular weight is 510 g/mol. The molecular formula is C30H23NO7.